The Kier molecular flexibility index (Phi) is 6.49. The van der Waals surface area contributed by atoms with Crippen LogP contribution in [0.5, 0.6) is 5.75 Å². The van der Waals surface area contributed by atoms with Gasteiger partial charge in [-0.2, -0.15) is 0 Å². The number of hydrogen-bond donors (Lipinski definition) is 2. The predicted molar refractivity (Wildman–Crippen MR) is 137 cm³/mol. The number of rotatable bonds is 8. The SMILES string of the molecule is Cc1cccc(C)c1OCc1nnc(SCC(=O)Nc2nc3ccccc3[nH]2)n1-c1ccccc1. The van der Waals surface area contributed by atoms with Crippen molar-refractivity contribution in [3.8, 4) is 11.4 Å². The van der Waals surface area contributed by atoms with Gasteiger partial charge in [-0.3, -0.25) is 14.7 Å². The Labute approximate surface area is 206 Å². The summed E-state index contributed by atoms with van der Waals surface area (Å²) >= 11 is 1.31. The van der Waals surface area contributed by atoms with Crippen molar-refractivity contribution in [3.05, 3.63) is 89.7 Å². The van der Waals surface area contributed by atoms with Crippen molar-refractivity contribution in [2.45, 2.75) is 25.6 Å². The molecule has 0 bridgehead atoms. The fourth-order valence-corrected chi connectivity index (χ4v) is 4.57. The van der Waals surface area contributed by atoms with Crippen molar-refractivity contribution in [3.63, 3.8) is 0 Å². The number of benzene rings is 3. The van der Waals surface area contributed by atoms with E-state index in [9.17, 15) is 4.79 Å². The van der Waals surface area contributed by atoms with Crippen LogP contribution in [0.3, 0.4) is 0 Å². The van der Waals surface area contributed by atoms with Gasteiger partial charge in [0.25, 0.3) is 0 Å². The first-order valence-corrected chi connectivity index (χ1v) is 12.1. The van der Waals surface area contributed by atoms with Gasteiger partial charge in [0, 0.05) is 5.69 Å². The third-order valence-corrected chi connectivity index (χ3v) is 6.38. The molecule has 0 radical (unpaired) electrons. The minimum Gasteiger partial charge on any atom is -0.485 e. The topological polar surface area (TPSA) is 97.7 Å². The standard InChI is InChI=1S/C26H24N6O2S/c1-17-9-8-10-18(2)24(17)34-15-22-30-31-26(32(22)19-11-4-3-5-12-19)35-16-23(33)29-25-27-20-13-6-7-14-21(20)28-25/h3-14H,15-16H2,1-2H3,(H2,27,28,29,33). The lowest BCUT2D eigenvalue weighted by molar-refractivity contribution is -0.113. The van der Waals surface area contributed by atoms with Crippen LogP contribution in [0.15, 0.2) is 78.0 Å². The molecule has 2 N–H and O–H groups in total. The second kappa shape index (κ2) is 10.0. The van der Waals surface area contributed by atoms with E-state index in [0.717, 1.165) is 33.6 Å². The predicted octanol–water partition coefficient (Wildman–Crippen LogP) is 5.07. The molecular weight excluding hydrogens is 460 g/mol. The number of carbonyl (C=O) groups is 1. The van der Waals surface area contributed by atoms with E-state index in [0.29, 0.717) is 16.9 Å². The van der Waals surface area contributed by atoms with Gasteiger partial charge in [0.2, 0.25) is 11.9 Å². The van der Waals surface area contributed by atoms with E-state index in [-0.39, 0.29) is 18.3 Å². The second-order valence-electron chi connectivity index (χ2n) is 8.02. The first-order chi connectivity index (χ1) is 17.1. The number of imidazole rings is 1. The summed E-state index contributed by atoms with van der Waals surface area (Å²) in [7, 11) is 0. The highest BCUT2D eigenvalue weighted by atomic mass is 32.2. The van der Waals surface area contributed by atoms with Gasteiger partial charge in [0.1, 0.15) is 12.4 Å². The van der Waals surface area contributed by atoms with Gasteiger partial charge in [-0.25, -0.2) is 4.98 Å². The van der Waals surface area contributed by atoms with Crippen molar-refractivity contribution < 1.29 is 9.53 Å². The van der Waals surface area contributed by atoms with Crippen molar-refractivity contribution in [1.82, 2.24) is 24.7 Å². The summed E-state index contributed by atoms with van der Waals surface area (Å²) in [6.07, 6.45) is 0. The molecule has 5 rings (SSSR count). The zero-order chi connectivity index (χ0) is 24.2. The van der Waals surface area contributed by atoms with E-state index < -0.39 is 0 Å². The number of aryl methyl sites for hydroxylation is 2. The number of nitrogens with zero attached hydrogens (tertiary/aromatic N) is 4. The molecule has 0 spiro atoms. The molecule has 2 aromatic heterocycles. The minimum atomic E-state index is -0.190. The Morgan fingerprint density at radius 3 is 2.49 bits per heavy atom. The maximum absolute atomic E-state index is 12.6. The van der Waals surface area contributed by atoms with E-state index in [1.165, 1.54) is 11.8 Å². The van der Waals surface area contributed by atoms with Crippen LogP contribution in [0.4, 0.5) is 5.95 Å². The number of aromatic nitrogens is 5. The van der Waals surface area contributed by atoms with E-state index >= 15 is 0 Å². The molecule has 1 amide bonds. The fourth-order valence-electron chi connectivity index (χ4n) is 3.80. The van der Waals surface area contributed by atoms with E-state index in [4.69, 9.17) is 4.74 Å². The van der Waals surface area contributed by atoms with Crippen LogP contribution in [0.2, 0.25) is 0 Å². The Morgan fingerprint density at radius 2 is 1.71 bits per heavy atom. The number of aromatic amines is 1. The molecule has 0 atom stereocenters. The Morgan fingerprint density at radius 1 is 0.971 bits per heavy atom. The average Bonchev–Trinajstić information content (AvgIpc) is 3.46. The van der Waals surface area contributed by atoms with Gasteiger partial charge in [-0.1, -0.05) is 60.3 Å². The number of fused-ring (bicyclic) bond motifs is 1. The zero-order valence-electron chi connectivity index (χ0n) is 19.4. The first kappa shape index (κ1) is 22.7. The maximum atomic E-state index is 12.6. The molecule has 176 valence electrons. The van der Waals surface area contributed by atoms with Gasteiger partial charge < -0.3 is 9.72 Å². The Balaban J connectivity index is 1.32. The van der Waals surface area contributed by atoms with Crippen LogP contribution in [-0.2, 0) is 11.4 Å². The summed E-state index contributed by atoms with van der Waals surface area (Å²) in [4.78, 5) is 20.1. The van der Waals surface area contributed by atoms with Crippen LogP contribution in [0.1, 0.15) is 17.0 Å². The van der Waals surface area contributed by atoms with E-state index in [1.54, 1.807) is 0 Å². The van der Waals surface area contributed by atoms with Crippen LogP contribution in [0, 0.1) is 13.8 Å². The lowest BCUT2D eigenvalue weighted by atomic mass is 10.1. The molecule has 5 aromatic rings. The lowest BCUT2D eigenvalue weighted by Gasteiger charge is -2.13. The van der Waals surface area contributed by atoms with Gasteiger partial charge >= 0.3 is 0 Å². The van der Waals surface area contributed by atoms with Crippen molar-refractivity contribution >= 4 is 34.7 Å². The van der Waals surface area contributed by atoms with Crippen LogP contribution in [-0.4, -0.2) is 36.4 Å². The molecule has 0 saturated heterocycles. The van der Waals surface area contributed by atoms with Crippen molar-refractivity contribution in [2.24, 2.45) is 0 Å². The van der Waals surface area contributed by atoms with Gasteiger partial charge in [0.05, 0.1) is 16.8 Å². The van der Waals surface area contributed by atoms with Gasteiger partial charge in [-0.05, 0) is 49.2 Å². The minimum absolute atomic E-state index is 0.153. The highest BCUT2D eigenvalue weighted by molar-refractivity contribution is 7.99. The fraction of sp³-hybridized carbons (Fsp3) is 0.154. The number of carbonyl (C=O) groups excluding carboxylic acids is 1. The largest absolute Gasteiger partial charge is 0.485 e. The van der Waals surface area contributed by atoms with Crippen LogP contribution < -0.4 is 10.1 Å². The van der Waals surface area contributed by atoms with Crippen molar-refractivity contribution in [2.75, 3.05) is 11.1 Å². The summed E-state index contributed by atoms with van der Waals surface area (Å²) in [5, 5.41) is 12.2. The molecule has 0 aliphatic heterocycles. The summed E-state index contributed by atoms with van der Waals surface area (Å²) in [6, 6.07) is 23.5. The van der Waals surface area contributed by atoms with E-state index in [1.807, 2.05) is 91.2 Å². The quantitative estimate of drug-likeness (QED) is 0.299. The molecule has 3 aromatic carbocycles. The molecule has 2 heterocycles. The van der Waals surface area contributed by atoms with Crippen molar-refractivity contribution in [1.29, 1.82) is 0 Å². The molecule has 9 heteroatoms. The molecule has 0 unspecified atom stereocenters. The zero-order valence-corrected chi connectivity index (χ0v) is 20.2. The Bertz CT molecular complexity index is 1420. The summed E-state index contributed by atoms with van der Waals surface area (Å²) < 4.78 is 8.06. The lowest BCUT2D eigenvalue weighted by Crippen LogP contribution is -2.15. The molecule has 0 fully saturated rings. The maximum Gasteiger partial charge on any atom is 0.237 e. The number of nitrogens with one attached hydrogen (secondary N) is 2. The average molecular weight is 485 g/mol. The first-order valence-electron chi connectivity index (χ1n) is 11.1. The van der Waals surface area contributed by atoms with Crippen LogP contribution in [0.25, 0.3) is 16.7 Å². The summed E-state index contributed by atoms with van der Waals surface area (Å²) in [5.41, 5.74) is 4.69. The number of H-pyrrole nitrogens is 1. The summed E-state index contributed by atoms with van der Waals surface area (Å²) in [5.74, 6) is 1.88. The third-order valence-electron chi connectivity index (χ3n) is 5.45. The normalized spacial score (nSPS) is 11.0. The van der Waals surface area contributed by atoms with Gasteiger partial charge in [0.15, 0.2) is 11.0 Å². The number of amides is 1. The van der Waals surface area contributed by atoms with Crippen LogP contribution >= 0.6 is 11.8 Å². The highest BCUT2D eigenvalue weighted by Crippen LogP contribution is 2.26. The molecule has 0 saturated carbocycles. The molecule has 35 heavy (non-hydrogen) atoms. The number of hydrogen-bond acceptors (Lipinski definition) is 6. The van der Waals surface area contributed by atoms with Gasteiger partial charge in [-0.15, -0.1) is 10.2 Å². The van der Waals surface area contributed by atoms with E-state index in [2.05, 4.69) is 25.5 Å². The number of ether oxygens (including phenoxy) is 1. The molecule has 0 aliphatic rings. The summed E-state index contributed by atoms with van der Waals surface area (Å²) in [6.45, 7) is 4.29. The third kappa shape index (κ3) is 5.04. The monoisotopic (exact) mass is 484 g/mol. The number of thioether (sulfide) groups is 1. The molecule has 8 nitrogen and oxygen atoms in total. The molecule has 0 aliphatic carbocycles. The number of para-hydroxylation sites is 4. The molecular formula is C26H24N6O2S. The Hall–Kier alpha value is -4.11. The highest BCUT2D eigenvalue weighted by Gasteiger charge is 2.17. The number of anilines is 1. The smallest absolute Gasteiger partial charge is 0.237 e. The second-order valence-corrected chi connectivity index (χ2v) is 8.96.